The van der Waals surface area contributed by atoms with Crippen LogP contribution in [0.4, 0.5) is 5.69 Å². The summed E-state index contributed by atoms with van der Waals surface area (Å²) < 4.78 is 0. The summed E-state index contributed by atoms with van der Waals surface area (Å²) in [5.41, 5.74) is 0.374. The Bertz CT molecular complexity index is 497. The molecule has 0 unspecified atom stereocenters. The topological polar surface area (TPSA) is 92.5 Å². The molecule has 0 saturated carbocycles. The van der Waals surface area contributed by atoms with Crippen LogP contribution in [0.1, 0.15) is 29.8 Å². The Morgan fingerprint density at radius 1 is 1.42 bits per heavy atom. The van der Waals surface area contributed by atoms with Crippen molar-refractivity contribution in [3.05, 3.63) is 39.4 Å². The Balaban J connectivity index is 2.85. The number of rotatable bonds is 5. The zero-order valence-electron chi connectivity index (χ0n) is 11.3. The molecule has 0 spiro atoms. The maximum atomic E-state index is 11.9. The summed E-state index contributed by atoms with van der Waals surface area (Å²) in [6.45, 7) is 5.56. The molecule has 19 heavy (non-hydrogen) atoms. The molecule has 104 valence electrons. The summed E-state index contributed by atoms with van der Waals surface area (Å²) in [4.78, 5) is 22.1. The van der Waals surface area contributed by atoms with E-state index in [0.717, 1.165) is 0 Å². The SMILES string of the molecule is Cc1cc(C(=O)NCC(C)(C)CO)cc([N+](=O)[O-])c1. The standard InChI is InChI=1S/C13H18N2O4/c1-9-4-10(6-11(5-9)15(18)19)12(17)14-7-13(2,3)8-16/h4-6,16H,7-8H2,1-3H3,(H,14,17). The fraction of sp³-hybridized carbons (Fsp3) is 0.462. The van der Waals surface area contributed by atoms with Crippen LogP contribution in [-0.4, -0.2) is 29.1 Å². The monoisotopic (exact) mass is 266 g/mol. The fourth-order valence-corrected chi connectivity index (χ4v) is 1.48. The minimum absolute atomic E-state index is 0.0543. The highest BCUT2D eigenvalue weighted by molar-refractivity contribution is 5.95. The first kappa shape index (κ1) is 15.1. The van der Waals surface area contributed by atoms with Crippen molar-refractivity contribution in [3.63, 3.8) is 0 Å². The van der Waals surface area contributed by atoms with E-state index in [1.165, 1.54) is 12.1 Å². The third-order valence-corrected chi connectivity index (χ3v) is 2.69. The summed E-state index contributed by atoms with van der Waals surface area (Å²) in [7, 11) is 0. The number of amides is 1. The van der Waals surface area contributed by atoms with E-state index in [1.54, 1.807) is 13.0 Å². The van der Waals surface area contributed by atoms with E-state index in [2.05, 4.69) is 5.32 Å². The summed E-state index contributed by atoms with van der Waals surface area (Å²) in [5.74, 6) is -0.381. The molecule has 1 aromatic carbocycles. The van der Waals surface area contributed by atoms with E-state index in [9.17, 15) is 14.9 Å². The molecule has 0 aliphatic rings. The lowest BCUT2D eigenvalue weighted by Gasteiger charge is -2.21. The van der Waals surface area contributed by atoms with Gasteiger partial charge in [0.05, 0.1) is 4.92 Å². The van der Waals surface area contributed by atoms with E-state index in [4.69, 9.17) is 5.11 Å². The number of benzene rings is 1. The largest absolute Gasteiger partial charge is 0.396 e. The average Bonchev–Trinajstić information content (AvgIpc) is 2.35. The molecule has 0 heterocycles. The van der Waals surface area contributed by atoms with Gasteiger partial charge in [0.15, 0.2) is 0 Å². The maximum Gasteiger partial charge on any atom is 0.270 e. The van der Waals surface area contributed by atoms with Crippen LogP contribution in [-0.2, 0) is 0 Å². The number of carbonyl (C=O) groups excluding carboxylic acids is 1. The third-order valence-electron chi connectivity index (χ3n) is 2.69. The number of nitro groups is 1. The van der Waals surface area contributed by atoms with Crippen LogP contribution in [0.15, 0.2) is 18.2 Å². The van der Waals surface area contributed by atoms with E-state index < -0.39 is 10.3 Å². The number of nitrogens with one attached hydrogen (secondary N) is 1. The number of aryl methyl sites for hydroxylation is 1. The average molecular weight is 266 g/mol. The molecule has 1 rings (SSSR count). The third kappa shape index (κ3) is 4.33. The van der Waals surface area contributed by atoms with Gasteiger partial charge in [0.2, 0.25) is 0 Å². The van der Waals surface area contributed by atoms with Crippen LogP contribution < -0.4 is 5.32 Å². The summed E-state index contributed by atoms with van der Waals surface area (Å²) in [6, 6.07) is 4.25. The van der Waals surface area contributed by atoms with Crippen molar-refractivity contribution in [3.8, 4) is 0 Å². The number of aliphatic hydroxyl groups excluding tert-OH is 1. The molecule has 0 radical (unpaired) electrons. The molecule has 0 atom stereocenters. The van der Waals surface area contributed by atoms with Gasteiger partial charge >= 0.3 is 0 Å². The molecule has 6 nitrogen and oxygen atoms in total. The second kappa shape index (κ2) is 5.79. The summed E-state index contributed by atoms with van der Waals surface area (Å²) in [5, 5.41) is 22.5. The van der Waals surface area contributed by atoms with Crippen molar-refractivity contribution in [2.75, 3.05) is 13.2 Å². The van der Waals surface area contributed by atoms with E-state index in [0.29, 0.717) is 12.1 Å². The summed E-state index contributed by atoms with van der Waals surface area (Å²) in [6.07, 6.45) is 0. The van der Waals surface area contributed by atoms with Gasteiger partial charge < -0.3 is 10.4 Å². The van der Waals surface area contributed by atoms with Crippen LogP contribution in [0.3, 0.4) is 0 Å². The molecule has 0 aromatic heterocycles. The van der Waals surface area contributed by atoms with Gasteiger partial charge in [-0.2, -0.15) is 0 Å². The quantitative estimate of drug-likeness (QED) is 0.626. The first-order valence-corrected chi connectivity index (χ1v) is 5.90. The minimum Gasteiger partial charge on any atom is -0.396 e. The molecule has 6 heteroatoms. The molecular formula is C13H18N2O4. The van der Waals surface area contributed by atoms with Gasteiger partial charge in [0.25, 0.3) is 11.6 Å². The Morgan fingerprint density at radius 3 is 2.58 bits per heavy atom. The lowest BCUT2D eigenvalue weighted by molar-refractivity contribution is -0.384. The minimum atomic E-state index is -0.526. The molecule has 1 amide bonds. The van der Waals surface area contributed by atoms with Crippen molar-refractivity contribution in [1.29, 1.82) is 0 Å². The molecule has 0 aliphatic carbocycles. The van der Waals surface area contributed by atoms with Gasteiger partial charge in [-0.25, -0.2) is 0 Å². The number of non-ortho nitro benzene ring substituents is 1. The van der Waals surface area contributed by atoms with Gasteiger partial charge in [-0.3, -0.25) is 14.9 Å². The Hall–Kier alpha value is -1.95. The molecule has 1 aromatic rings. The van der Waals surface area contributed by atoms with Crippen LogP contribution >= 0.6 is 0 Å². The van der Waals surface area contributed by atoms with Crippen molar-refractivity contribution in [1.82, 2.24) is 5.32 Å². The molecular weight excluding hydrogens is 248 g/mol. The number of carbonyl (C=O) groups is 1. The van der Waals surface area contributed by atoms with E-state index in [-0.39, 0.29) is 23.8 Å². The number of hydrogen-bond acceptors (Lipinski definition) is 4. The molecule has 2 N–H and O–H groups in total. The molecule has 0 fully saturated rings. The summed E-state index contributed by atoms with van der Waals surface area (Å²) >= 11 is 0. The van der Waals surface area contributed by atoms with E-state index >= 15 is 0 Å². The highest BCUT2D eigenvalue weighted by Crippen LogP contribution is 2.17. The highest BCUT2D eigenvalue weighted by atomic mass is 16.6. The lowest BCUT2D eigenvalue weighted by Crippen LogP contribution is -2.36. The van der Waals surface area contributed by atoms with Gasteiger partial charge in [-0.1, -0.05) is 13.8 Å². The Labute approximate surface area is 111 Å². The van der Waals surface area contributed by atoms with Gasteiger partial charge in [0.1, 0.15) is 0 Å². The number of nitrogens with zero attached hydrogens (tertiary/aromatic N) is 1. The smallest absolute Gasteiger partial charge is 0.270 e. The zero-order valence-corrected chi connectivity index (χ0v) is 11.3. The fourth-order valence-electron chi connectivity index (χ4n) is 1.48. The highest BCUT2D eigenvalue weighted by Gasteiger charge is 2.19. The van der Waals surface area contributed by atoms with Gasteiger partial charge in [0, 0.05) is 36.3 Å². The van der Waals surface area contributed by atoms with Crippen molar-refractivity contribution in [2.24, 2.45) is 5.41 Å². The van der Waals surface area contributed by atoms with Crippen molar-refractivity contribution >= 4 is 11.6 Å². The maximum absolute atomic E-state index is 11.9. The predicted octanol–water partition coefficient (Wildman–Crippen LogP) is 1.65. The second-order valence-electron chi connectivity index (χ2n) is 5.32. The Kier molecular flexibility index (Phi) is 4.61. The van der Waals surface area contributed by atoms with Crippen LogP contribution in [0, 0.1) is 22.5 Å². The number of nitro benzene ring substituents is 1. The normalized spacial score (nSPS) is 11.2. The Morgan fingerprint density at radius 2 is 2.05 bits per heavy atom. The van der Waals surface area contributed by atoms with Crippen molar-refractivity contribution < 1.29 is 14.8 Å². The van der Waals surface area contributed by atoms with Crippen LogP contribution in [0.25, 0.3) is 0 Å². The second-order valence-corrected chi connectivity index (χ2v) is 5.32. The lowest BCUT2D eigenvalue weighted by atomic mass is 9.95. The van der Waals surface area contributed by atoms with Gasteiger partial charge in [-0.15, -0.1) is 0 Å². The molecule has 0 bridgehead atoms. The van der Waals surface area contributed by atoms with Crippen molar-refractivity contribution in [2.45, 2.75) is 20.8 Å². The van der Waals surface area contributed by atoms with Crippen LogP contribution in [0.2, 0.25) is 0 Å². The van der Waals surface area contributed by atoms with Gasteiger partial charge in [-0.05, 0) is 18.6 Å². The van der Waals surface area contributed by atoms with Crippen LogP contribution in [0.5, 0.6) is 0 Å². The number of hydrogen-bond donors (Lipinski definition) is 2. The number of aliphatic hydroxyl groups is 1. The molecule has 0 aliphatic heterocycles. The molecule has 0 saturated heterocycles. The predicted molar refractivity (Wildman–Crippen MR) is 71.0 cm³/mol. The first-order chi connectivity index (χ1) is 8.75. The zero-order chi connectivity index (χ0) is 14.6. The first-order valence-electron chi connectivity index (χ1n) is 5.90. The van der Waals surface area contributed by atoms with E-state index in [1.807, 2.05) is 13.8 Å².